The lowest BCUT2D eigenvalue weighted by molar-refractivity contribution is 0.0857. The van der Waals surface area contributed by atoms with Crippen LogP contribution in [0.4, 0.5) is 0 Å². The first kappa shape index (κ1) is 21.7. The Kier molecular flexibility index (Phi) is 9.06. The van der Waals surface area contributed by atoms with Crippen molar-refractivity contribution in [1.82, 2.24) is 16.0 Å². The van der Waals surface area contributed by atoms with E-state index in [1.54, 1.807) is 7.05 Å². The maximum Gasteiger partial charge on any atom is 0.251 e. The Hall–Kier alpha value is -1.61. The van der Waals surface area contributed by atoms with Crippen LogP contribution in [0.3, 0.4) is 0 Å². The Bertz CT molecular complexity index is 664. The quantitative estimate of drug-likeness (QED) is 0.251. The van der Waals surface area contributed by atoms with Crippen LogP contribution in [0.5, 0.6) is 0 Å². The minimum Gasteiger partial charge on any atom is -0.376 e. The molecule has 3 N–H and O–H groups in total. The van der Waals surface area contributed by atoms with Crippen molar-refractivity contribution in [3.63, 3.8) is 0 Å². The van der Waals surface area contributed by atoms with E-state index in [0.29, 0.717) is 24.7 Å². The molecule has 7 heteroatoms. The predicted octanol–water partition coefficient (Wildman–Crippen LogP) is 2.60. The van der Waals surface area contributed by atoms with Gasteiger partial charge in [-0.2, -0.15) is 0 Å². The van der Waals surface area contributed by atoms with E-state index in [1.807, 2.05) is 24.3 Å². The van der Waals surface area contributed by atoms with Gasteiger partial charge in [-0.05, 0) is 43.4 Å². The number of ether oxygens (including phenoxy) is 1. The molecule has 1 fully saturated rings. The minimum atomic E-state index is -0.0538. The highest BCUT2D eigenvalue weighted by molar-refractivity contribution is 14.0. The van der Waals surface area contributed by atoms with Crippen molar-refractivity contribution < 1.29 is 9.53 Å². The Morgan fingerprint density at radius 1 is 1.26 bits per heavy atom. The van der Waals surface area contributed by atoms with Gasteiger partial charge in [-0.3, -0.25) is 9.79 Å². The summed E-state index contributed by atoms with van der Waals surface area (Å²) >= 11 is 0. The fourth-order valence-electron chi connectivity index (χ4n) is 3.25. The zero-order chi connectivity index (χ0) is 18.2. The molecule has 3 rings (SSSR count). The van der Waals surface area contributed by atoms with Crippen molar-refractivity contribution in [2.75, 3.05) is 20.2 Å². The van der Waals surface area contributed by atoms with Gasteiger partial charge in [-0.25, -0.2) is 0 Å². The summed E-state index contributed by atoms with van der Waals surface area (Å²) in [5.41, 5.74) is 1.72. The van der Waals surface area contributed by atoms with Crippen molar-refractivity contribution in [3.8, 4) is 0 Å². The lowest BCUT2D eigenvalue weighted by Gasteiger charge is -2.17. The van der Waals surface area contributed by atoms with Gasteiger partial charge >= 0.3 is 0 Å². The molecule has 0 saturated carbocycles. The van der Waals surface area contributed by atoms with Crippen LogP contribution in [0.15, 0.2) is 41.4 Å². The van der Waals surface area contributed by atoms with Crippen LogP contribution in [-0.2, 0) is 11.3 Å². The largest absolute Gasteiger partial charge is 0.376 e. The van der Waals surface area contributed by atoms with E-state index in [-0.39, 0.29) is 36.0 Å². The highest BCUT2D eigenvalue weighted by Gasteiger charge is 2.17. The summed E-state index contributed by atoms with van der Waals surface area (Å²) < 4.78 is 5.55. The first-order valence-corrected chi connectivity index (χ1v) is 9.35. The number of nitrogens with one attached hydrogen (secondary N) is 3. The van der Waals surface area contributed by atoms with E-state index in [2.05, 4.69) is 33.1 Å². The second-order valence-electron chi connectivity index (χ2n) is 6.76. The first-order chi connectivity index (χ1) is 12.7. The van der Waals surface area contributed by atoms with E-state index >= 15 is 0 Å². The maximum atomic E-state index is 12.3. The van der Waals surface area contributed by atoms with E-state index in [9.17, 15) is 4.79 Å². The lowest BCUT2D eigenvalue weighted by Crippen LogP contribution is -2.42. The average molecular weight is 484 g/mol. The van der Waals surface area contributed by atoms with Crippen molar-refractivity contribution >= 4 is 35.8 Å². The molecular formula is C20H29IN4O2. The normalized spacial score (nSPS) is 19.6. The number of aliphatic imine (C=N–C) groups is 1. The number of amides is 1. The van der Waals surface area contributed by atoms with Gasteiger partial charge in [0.1, 0.15) is 0 Å². The predicted molar refractivity (Wildman–Crippen MR) is 119 cm³/mol. The zero-order valence-corrected chi connectivity index (χ0v) is 18.1. The summed E-state index contributed by atoms with van der Waals surface area (Å²) in [6.45, 7) is 1.99. The van der Waals surface area contributed by atoms with Gasteiger partial charge in [0, 0.05) is 38.3 Å². The van der Waals surface area contributed by atoms with Crippen LogP contribution < -0.4 is 16.0 Å². The number of carbonyl (C=O) groups excluding carboxylic acids is 1. The van der Waals surface area contributed by atoms with Crippen LogP contribution in [0, 0.1) is 0 Å². The van der Waals surface area contributed by atoms with E-state index in [4.69, 9.17) is 4.74 Å². The molecule has 1 atom stereocenters. The zero-order valence-electron chi connectivity index (χ0n) is 15.7. The number of nitrogens with zero attached hydrogens (tertiary/aromatic N) is 1. The summed E-state index contributed by atoms with van der Waals surface area (Å²) in [5, 5.41) is 9.69. The highest BCUT2D eigenvalue weighted by atomic mass is 127. The van der Waals surface area contributed by atoms with Crippen LogP contribution in [0.1, 0.15) is 41.6 Å². The molecule has 1 aliphatic heterocycles. The van der Waals surface area contributed by atoms with Gasteiger partial charge in [0.15, 0.2) is 5.96 Å². The van der Waals surface area contributed by atoms with Crippen molar-refractivity contribution in [2.24, 2.45) is 4.99 Å². The molecule has 0 radical (unpaired) electrons. The number of hydrogen-bond donors (Lipinski definition) is 3. The standard InChI is InChI=1S/C20H28N4O2.HI/c1-21-20(24-17-8-2-3-9-17)23-13-15-6-4-7-16(12-15)19(25)22-14-18-10-5-11-26-18;/h2-4,6-7,12,17-18H,5,8-11,13-14H2,1H3,(H,22,25)(H2,21,23,24);1H. The van der Waals surface area contributed by atoms with Gasteiger partial charge < -0.3 is 20.7 Å². The van der Waals surface area contributed by atoms with E-state index in [0.717, 1.165) is 43.8 Å². The molecular weight excluding hydrogens is 455 g/mol. The van der Waals surface area contributed by atoms with Crippen LogP contribution in [0.2, 0.25) is 0 Å². The summed E-state index contributed by atoms with van der Waals surface area (Å²) in [4.78, 5) is 16.6. The lowest BCUT2D eigenvalue weighted by atomic mass is 10.1. The molecule has 1 saturated heterocycles. The Balaban J connectivity index is 0.00000261. The van der Waals surface area contributed by atoms with E-state index in [1.165, 1.54) is 0 Å². The molecule has 1 aromatic carbocycles. The number of halogens is 1. The molecule has 1 amide bonds. The SMILES string of the molecule is CN=C(NCc1cccc(C(=O)NCC2CCCO2)c1)NC1CC=CC1.I. The molecule has 1 aromatic rings. The van der Waals surface area contributed by atoms with E-state index < -0.39 is 0 Å². The molecule has 1 aliphatic carbocycles. The van der Waals surface area contributed by atoms with Gasteiger partial charge in [-0.15, -0.1) is 24.0 Å². The second kappa shape index (κ2) is 11.3. The van der Waals surface area contributed by atoms with Gasteiger partial charge in [0.25, 0.3) is 5.91 Å². The molecule has 0 bridgehead atoms. The third kappa shape index (κ3) is 6.80. The summed E-state index contributed by atoms with van der Waals surface area (Å²) in [5.74, 6) is 0.730. The van der Waals surface area contributed by atoms with Gasteiger partial charge in [0.2, 0.25) is 0 Å². The summed E-state index contributed by atoms with van der Waals surface area (Å²) in [6.07, 6.45) is 8.68. The molecule has 148 valence electrons. The molecule has 1 unspecified atom stereocenters. The fourth-order valence-corrected chi connectivity index (χ4v) is 3.25. The Labute approximate surface area is 178 Å². The highest BCUT2D eigenvalue weighted by Crippen LogP contribution is 2.12. The maximum absolute atomic E-state index is 12.3. The van der Waals surface area contributed by atoms with Crippen molar-refractivity contribution in [1.29, 1.82) is 0 Å². The number of benzene rings is 1. The number of hydrogen-bond acceptors (Lipinski definition) is 3. The second-order valence-corrected chi connectivity index (χ2v) is 6.76. The Morgan fingerprint density at radius 3 is 2.78 bits per heavy atom. The number of carbonyl (C=O) groups is 1. The molecule has 0 spiro atoms. The molecule has 0 aromatic heterocycles. The van der Waals surface area contributed by atoms with Crippen LogP contribution in [-0.4, -0.2) is 44.2 Å². The topological polar surface area (TPSA) is 74.8 Å². The van der Waals surface area contributed by atoms with Crippen molar-refractivity contribution in [2.45, 2.75) is 44.4 Å². The summed E-state index contributed by atoms with van der Waals surface area (Å²) in [6, 6.07) is 8.09. The first-order valence-electron chi connectivity index (χ1n) is 9.35. The van der Waals surface area contributed by atoms with Crippen LogP contribution in [0.25, 0.3) is 0 Å². The third-order valence-electron chi connectivity index (χ3n) is 4.74. The fraction of sp³-hybridized carbons (Fsp3) is 0.500. The third-order valence-corrected chi connectivity index (χ3v) is 4.74. The molecule has 2 aliphatic rings. The average Bonchev–Trinajstić information content (AvgIpc) is 3.37. The molecule has 6 nitrogen and oxygen atoms in total. The summed E-state index contributed by atoms with van der Waals surface area (Å²) in [7, 11) is 1.77. The number of rotatable bonds is 6. The molecule has 1 heterocycles. The molecule has 27 heavy (non-hydrogen) atoms. The van der Waals surface area contributed by atoms with Gasteiger partial charge in [-0.1, -0.05) is 24.3 Å². The Morgan fingerprint density at radius 2 is 2.07 bits per heavy atom. The van der Waals surface area contributed by atoms with Crippen molar-refractivity contribution in [3.05, 3.63) is 47.5 Å². The minimum absolute atomic E-state index is 0. The smallest absolute Gasteiger partial charge is 0.251 e. The monoisotopic (exact) mass is 484 g/mol. The van der Waals surface area contributed by atoms with Crippen LogP contribution >= 0.6 is 24.0 Å². The number of guanidine groups is 1. The van der Waals surface area contributed by atoms with Gasteiger partial charge in [0.05, 0.1) is 6.10 Å².